The van der Waals surface area contributed by atoms with Crippen molar-refractivity contribution in [2.75, 3.05) is 26.2 Å². The Hall–Kier alpha value is -2.09. The Labute approximate surface area is 218 Å². The number of hydrogen-bond donors (Lipinski definition) is 1. The maximum atomic E-state index is 12.7. The minimum absolute atomic E-state index is 0.101. The lowest BCUT2D eigenvalue weighted by Gasteiger charge is -2.34. The van der Waals surface area contributed by atoms with Gasteiger partial charge in [0.1, 0.15) is 0 Å². The molecule has 1 aliphatic rings. The van der Waals surface area contributed by atoms with Crippen LogP contribution in [0.4, 0.5) is 0 Å². The second-order valence-corrected chi connectivity index (χ2v) is 10.5. The summed E-state index contributed by atoms with van der Waals surface area (Å²) in [5.74, 6) is -0.0270. The number of amides is 2. The highest BCUT2D eigenvalue weighted by Gasteiger charge is 2.22. The molecule has 2 aromatic carbocycles. The highest BCUT2D eigenvalue weighted by molar-refractivity contribution is 7.14. The molecule has 0 unspecified atom stereocenters. The maximum absolute atomic E-state index is 12.7. The van der Waals surface area contributed by atoms with Gasteiger partial charge in [-0.1, -0.05) is 59.1 Å². The second-order valence-electron chi connectivity index (χ2n) is 8.11. The van der Waals surface area contributed by atoms with Gasteiger partial charge in [0.15, 0.2) is 0 Å². The molecule has 2 heterocycles. The largest absolute Gasteiger partial charge is 0.347 e. The average molecular weight is 537 g/mol. The highest BCUT2D eigenvalue weighted by atomic mass is 35.5. The van der Waals surface area contributed by atoms with Crippen LogP contribution in [0.1, 0.15) is 25.7 Å². The van der Waals surface area contributed by atoms with Gasteiger partial charge in [-0.25, -0.2) is 0 Å². The number of benzene rings is 2. The number of rotatable bonds is 7. The Morgan fingerprint density at radius 2 is 1.65 bits per heavy atom. The van der Waals surface area contributed by atoms with Crippen molar-refractivity contribution in [1.29, 1.82) is 0 Å². The van der Waals surface area contributed by atoms with E-state index in [2.05, 4.69) is 10.2 Å². The Balaban J connectivity index is 1.24. The van der Waals surface area contributed by atoms with E-state index in [0.29, 0.717) is 46.0 Å². The van der Waals surface area contributed by atoms with Crippen LogP contribution in [0.2, 0.25) is 15.1 Å². The fourth-order valence-corrected chi connectivity index (χ4v) is 5.45. The first-order chi connectivity index (χ1) is 16.4. The van der Waals surface area contributed by atoms with E-state index in [1.54, 1.807) is 12.1 Å². The molecule has 9 heteroatoms. The molecule has 0 spiro atoms. The molecule has 5 nitrogen and oxygen atoms in total. The molecule has 1 saturated heterocycles. The van der Waals surface area contributed by atoms with E-state index < -0.39 is 0 Å². The van der Waals surface area contributed by atoms with Crippen LogP contribution in [0, 0.1) is 0 Å². The minimum Gasteiger partial charge on any atom is -0.347 e. The molecule has 0 radical (unpaired) electrons. The molecule has 1 N–H and O–H groups in total. The zero-order valence-electron chi connectivity index (χ0n) is 18.4. The van der Waals surface area contributed by atoms with Crippen LogP contribution in [0.25, 0.3) is 0 Å². The summed E-state index contributed by atoms with van der Waals surface area (Å²) in [6.07, 6.45) is 0.324. The summed E-state index contributed by atoms with van der Waals surface area (Å²) in [7, 11) is 0. The summed E-state index contributed by atoms with van der Waals surface area (Å²) in [4.78, 5) is 31.2. The van der Waals surface area contributed by atoms with Crippen molar-refractivity contribution in [1.82, 2.24) is 15.1 Å². The molecular weight excluding hydrogens is 513 g/mol. The number of carbonyl (C=O) groups is 2. The van der Waals surface area contributed by atoms with Gasteiger partial charge >= 0.3 is 0 Å². The lowest BCUT2D eigenvalue weighted by Crippen LogP contribution is -2.48. The number of piperazine rings is 1. The van der Waals surface area contributed by atoms with E-state index in [0.717, 1.165) is 35.6 Å². The van der Waals surface area contributed by atoms with Crippen LogP contribution >= 0.6 is 46.1 Å². The molecule has 2 amide bonds. The Morgan fingerprint density at radius 3 is 2.38 bits per heavy atom. The van der Waals surface area contributed by atoms with Gasteiger partial charge in [-0.3, -0.25) is 14.5 Å². The lowest BCUT2D eigenvalue weighted by molar-refractivity contribution is -0.132. The predicted molar refractivity (Wildman–Crippen MR) is 139 cm³/mol. The van der Waals surface area contributed by atoms with Gasteiger partial charge in [0, 0.05) is 59.2 Å². The Bertz CT molecular complexity index is 1180. The van der Waals surface area contributed by atoms with E-state index in [9.17, 15) is 9.59 Å². The van der Waals surface area contributed by atoms with Gasteiger partial charge in [0.2, 0.25) is 5.91 Å². The molecule has 1 aromatic heterocycles. The smallest absolute Gasteiger partial charge is 0.261 e. The molecule has 34 heavy (non-hydrogen) atoms. The van der Waals surface area contributed by atoms with Gasteiger partial charge in [-0.2, -0.15) is 0 Å². The van der Waals surface area contributed by atoms with E-state index in [1.807, 2.05) is 47.4 Å². The van der Waals surface area contributed by atoms with Crippen LogP contribution in [-0.2, 0) is 24.3 Å². The zero-order valence-corrected chi connectivity index (χ0v) is 21.5. The van der Waals surface area contributed by atoms with Gasteiger partial charge in [-0.15, -0.1) is 11.3 Å². The summed E-state index contributed by atoms with van der Waals surface area (Å²) in [6, 6.07) is 16.5. The molecule has 0 aliphatic carbocycles. The van der Waals surface area contributed by atoms with Crippen molar-refractivity contribution in [3.05, 3.63) is 90.5 Å². The van der Waals surface area contributed by atoms with Crippen molar-refractivity contribution in [2.45, 2.75) is 19.5 Å². The molecule has 0 bridgehead atoms. The van der Waals surface area contributed by atoms with Crippen LogP contribution in [0.3, 0.4) is 0 Å². The number of hydrogen-bond acceptors (Lipinski definition) is 4. The van der Waals surface area contributed by atoms with Gasteiger partial charge in [0.25, 0.3) is 5.91 Å². The van der Waals surface area contributed by atoms with Crippen LogP contribution < -0.4 is 5.32 Å². The number of nitrogens with zero attached hydrogens (tertiary/aromatic N) is 2. The Kier molecular flexibility index (Phi) is 8.51. The van der Waals surface area contributed by atoms with Crippen molar-refractivity contribution in [3.63, 3.8) is 0 Å². The monoisotopic (exact) mass is 535 g/mol. The molecular formula is C25H24Cl3N3O2S. The fourth-order valence-electron chi connectivity index (χ4n) is 3.80. The third kappa shape index (κ3) is 6.52. The summed E-state index contributed by atoms with van der Waals surface area (Å²) in [5, 5.41) is 4.63. The van der Waals surface area contributed by atoms with Crippen molar-refractivity contribution in [3.8, 4) is 0 Å². The number of nitrogens with one attached hydrogen (secondary N) is 1. The molecule has 3 aromatic rings. The Morgan fingerprint density at radius 1 is 0.882 bits per heavy atom. The topological polar surface area (TPSA) is 52.7 Å². The van der Waals surface area contributed by atoms with Crippen molar-refractivity contribution in [2.24, 2.45) is 0 Å². The summed E-state index contributed by atoms with van der Waals surface area (Å²) < 4.78 is 0. The fraction of sp³-hybridized carbons (Fsp3) is 0.280. The van der Waals surface area contributed by atoms with Crippen molar-refractivity contribution < 1.29 is 9.59 Å². The number of carbonyl (C=O) groups excluding carboxylic acids is 2. The van der Waals surface area contributed by atoms with E-state index in [4.69, 9.17) is 34.8 Å². The first-order valence-corrected chi connectivity index (χ1v) is 12.9. The van der Waals surface area contributed by atoms with Crippen LogP contribution in [0.5, 0.6) is 0 Å². The predicted octanol–water partition coefficient (Wildman–Crippen LogP) is 5.53. The molecule has 4 rings (SSSR count). The third-order valence-electron chi connectivity index (χ3n) is 5.74. The lowest BCUT2D eigenvalue weighted by atomic mass is 10.1. The first-order valence-electron chi connectivity index (χ1n) is 10.9. The summed E-state index contributed by atoms with van der Waals surface area (Å²) in [5.41, 5.74) is 1.68. The molecule has 178 valence electrons. The van der Waals surface area contributed by atoms with Gasteiger partial charge < -0.3 is 10.2 Å². The second kappa shape index (κ2) is 11.6. The van der Waals surface area contributed by atoms with Gasteiger partial charge in [0.05, 0.1) is 11.3 Å². The zero-order chi connectivity index (χ0) is 24.1. The third-order valence-corrected chi connectivity index (χ3v) is 7.77. The molecule has 0 atom stereocenters. The summed E-state index contributed by atoms with van der Waals surface area (Å²) in [6.45, 7) is 4.05. The average Bonchev–Trinajstić information content (AvgIpc) is 3.29. The summed E-state index contributed by atoms with van der Waals surface area (Å²) >= 11 is 19.8. The van der Waals surface area contributed by atoms with E-state index in [-0.39, 0.29) is 11.8 Å². The number of halogens is 3. The quantitative estimate of drug-likeness (QED) is 0.432. The number of thiophene rings is 1. The maximum Gasteiger partial charge on any atom is 0.261 e. The molecule has 1 aliphatic heterocycles. The normalized spacial score (nSPS) is 14.3. The van der Waals surface area contributed by atoms with Crippen LogP contribution in [-0.4, -0.2) is 47.8 Å². The van der Waals surface area contributed by atoms with Crippen molar-refractivity contribution >= 4 is 58.0 Å². The standard InChI is InChI=1S/C25H24Cl3N3O2S/c26-19-6-5-18(22(28)14-19)15-29-25(33)23-8-7-20(34-23)16-30-9-11-31(12-10-30)24(32)13-17-3-1-2-4-21(17)27/h1-8,14H,9-13,15-16H2,(H,29,33). The van der Waals surface area contributed by atoms with E-state index >= 15 is 0 Å². The SMILES string of the molecule is O=C(NCc1ccc(Cl)cc1Cl)c1ccc(CN2CCN(C(=O)Cc3ccccc3Cl)CC2)s1. The van der Waals surface area contributed by atoms with E-state index in [1.165, 1.54) is 11.3 Å². The minimum atomic E-state index is -0.128. The van der Waals surface area contributed by atoms with Crippen LogP contribution in [0.15, 0.2) is 54.6 Å². The first kappa shape index (κ1) is 25.0. The molecule has 1 fully saturated rings. The molecule has 0 saturated carbocycles. The van der Waals surface area contributed by atoms with Gasteiger partial charge in [-0.05, 0) is 41.5 Å². The highest BCUT2D eigenvalue weighted by Crippen LogP contribution is 2.23.